The Labute approximate surface area is 122 Å². The van der Waals surface area contributed by atoms with Crippen LogP contribution in [0, 0.1) is 17.5 Å². The van der Waals surface area contributed by atoms with Crippen molar-refractivity contribution in [3.63, 3.8) is 0 Å². The van der Waals surface area contributed by atoms with Crippen LogP contribution < -0.4 is 5.32 Å². The van der Waals surface area contributed by atoms with Crippen LogP contribution in [0.3, 0.4) is 0 Å². The monoisotopic (exact) mass is 302 g/mol. The summed E-state index contributed by atoms with van der Waals surface area (Å²) in [6.45, 7) is 3.58. The first-order chi connectivity index (χ1) is 10.1. The molecule has 118 valence electrons. The highest BCUT2D eigenvalue weighted by molar-refractivity contribution is 5.19. The highest BCUT2D eigenvalue weighted by Gasteiger charge is 2.16. The summed E-state index contributed by atoms with van der Waals surface area (Å²) in [7, 11) is 0. The molecule has 0 spiro atoms. The van der Waals surface area contributed by atoms with Gasteiger partial charge in [-0.3, -0.25) is 0 Å². The maximum absolute atomic E-state index is 13.4. The predicted molar refractivity (Wildman–Crippen MR) is 74.3 cm³/mol. The van der Waals surface area contributed by atoms with E-state index in [0.29, 0.717) is 12.6 Å². The Morgan fingerprint density at radius 3 is 2.48 bits per heavy atom. The number of hydrogen-bond donors (Lipinski definition) is 2. The second-order valence-corrected chi connectivity index (χ2v) is 5.46. The second kappa shape index (κ2) is 7.77. The molecule has 2 N–H and O–H groups in total. The van der Waals surface area contributed by atoms with E-state index < -0.39 is 17.5 Å². The van der Waals surface area contributed by atoms with E-state index in [-0.39, 0.29) is 18.2 Å². The molecular formula is C15H21F3N2O. The van der Waals surface area contributed by atoms with Crippen molar-refractivity contribution in [2.75, 3.05) is 26.2 Å². The van der Waals surface area contributed by atoms with Gasteiger partial charge in [-0.15, -0.1) is 0 Å². The van der Waals surface area contributed by atoms with E-state index in [1.54, 1.807) is 0 Å². The average Bonchev–Trinajstić information content (AvgIpc) is 2.46. The van der Waals surface area contributed by atoms with Gasteiger partial charge in [-0.1, -0.05) is 0 Å². The van der Waals surface area contributed by atoms with Gasteiger partial charge >= 0.3 is 0 Å². The summed E-state index contributed by atoms with van der Waals surface area (Å²) in [5.74, 6) is -2.92. The van der Waals surface area contributed by atoms with Crippen LogP contribution in [0.25, 0.3) is 0 Å². The van der Waals surface area contributed by atoms with E-state index in [0.717, 1.165) is 45.0 Å². The molecule has 0 saturated carbocycles. The number of nitrogens with one attached hydrogen (secondary N) is 1. The molecule has 0 atom stereocenters. The van der Waals surface area contributed by atoms with Crippen molar-refractivity contribution in [2.24, 2.45) is 0 Å². The molecule has 21 heavy (non-hydrogen) atoms. The van der Waals surface area contributed by atoms with Gasteiger partial charge < -0.3 is 15.3 Å². The van der Waals surface area contributed by atoms with E-state index in [4.69, 9.17) is 0 Å². The van der Waals surface area contributed by atoms with Crippen molar-refractivity contribution < 1.29 is 18.3 Å². The standard InChI is InChI=1S/C15H21F3N2O/c16-13-9-15(18)14(17)8-11(13)10-19-4-1-5-20-6-2-12(21)3-7-20/h8-9,12,19,21H,1-7,10H2. The number of aliphatic hydroxyl groups is 1. The lowest BCUT2D eigenvalue weighted by Gasteiger charge is -2.29. The van der Waals surface area contributed by atoms with Gasteiger partial charge in [-0.05, 0) is 38.4 Å². The minimum absolute atomic E-state index is 0.134. The fourth-order valence-corrected chi connectivity index (χ4v) is 2.49. The highest BCUT2D eigenvalue weighted by Crippen LogP contribution is 2.13. The Kier molecular flexibility index (Phi) is 6.02. The van der Waals surface area contributed by atoms with Crippen LogP contribution in [-0.4, -0.2) is 42.3 Å². The molecule has 1 aromatic rings. The van der Waals surface area contributed by atoms with Crippen molar-refractivity contribution in [2.45, 2.75) is 31.9 Å². The summed E-state index contributed by atoms with van der Waals surface area (Å²) in [6, 6.07) is 1.47. The molecule has 1 heterocycles. The first-order valence-corrected chi connectivity index (χ1v) is 7.31. The van der Waals surface area contributed by atoms with Crippen molar-refractivity contribution in [1.29, 1.82) is 0 Å². The van der Waals surface area contributed by atoms with Gasteiger partial charge in [0.15, 0.2) is 11.6 Å². The number of likely N-dealkylation sites (tertiary alicyclic amines) is 1. The molecule has 1 aliphatic rings. The number of aliphatic hydroxyl groups excluding tert-OH is 1. The summed E-state index contributed by atoms with van der Waals surface area (Å²) in [4.78, 5) is 2.28. The van der Waals surface area contributed by atoms with Crippen LogP contribution in [0.1, 0.15) is 24.8 Å². The molecular weight excluding hydrogens is 281 g/mol. The first-order valence-electron chi connectivity index (χ1n) is 7.31. The summed E-state index contributed by atoms with van der Waals surface area (Å²) < 4.78 is 39.2. The van der Waals surface area contributed by atoms with Gasteiger partial charge in [0.05, 0.1) is 6.10 Å². The lowest BCUT2D eigenvalue weighted by Crippen LogP contribution is -2.37. The summed E-state index contributed by atoms with van der Waals surface area (Å²) in [5, 5.41) is 12.4. The van der Waals surface area contributed by atoms with Crippen LogP contribution >= 0.6 is 0 Å². The summed E-state index contributed by atoms with van der Waals surface area (Å²) in [6.07, 6.45) is 2.35. The number of piperidine rings is 1. The lowest BCUT2D eigenvalue weighted by atomic mass is 10.1. The summed E-state index contributed by atoms with van der Waals surface area (Å²) >= 11 is 0. The molecule has 2 rings (SSSR count). The SMILES string of the molecule is OC1CCN(CCCNCc2cc(F)c(F)cc2F)CC1. The van der Waals surface area contributed by atoms with Crippen LogP contribution in [0.5, 0.6) is 0 Å². The summed E-state index contributed by atoms with van der Waals surface area (Å²) in [5.41, 5.74) is 0.134. The van der Waals surface area contributed by atoms with E-state index in [2.05, 4.69) is 10.2 Å². The van der Waals surface area contributed by atoms with Crippen LogP contribution in [0.2, 0.25) is 0 Å². The average molecular weight is 302 g/mol. The zero-order chi connectivity index (χ0) is 15.2. The Morgan fingerprint density at radius 1 is 1.10 bits per heavy atom. The zero-order valence-electron chi connectivity index (χ0n) is 11.9. The quantitative estimate of drug-likeness (QED) is 0.623. The molecule has 0 amide bonds. The first kappa shape index (κ1) is 16.3. The highest BCUT2D eigenvalue weighted by atomic mass is 19.2. The van der Waals surface area contributed by atoms with Gasteiger partial charge in [0, 0.05) is 31.3 Å². The van der Waals surface area contributed by atoms with Crippen molar-refractivity contribution in [1.82, 2.24) is 10.2 Å². The minimum Gasteiger partial charge on any atom is -0.393 e. The molecule has 1 saturated heterocycles. The maximum Gasteiger partial charge on any atom is 0.161 e. The number of hydrogen-bond acceptors (Lipinski definition) is 3. The molecule has 6 heteroatoms. The molecule has 0 aliphatic carbocycles. The topological polar surface area (TPSA) is 35.5 Å². The van der Waals surface area contributed by atoms with Crippen molar-refractivity contribution in [3.05, 3.63) is 35.1 Å². The number of halogens is 3. The molecule has 0 aromatic heterocycles. The van der Waals surface area contributed by atoms with E-state index in [1.165, 1.54) is 0 Å². The van der Waals surface area contributed by atoms with Crippen LogP contribution in [0.4, 0.5) is 13.2 Å². The third-order valence-corrected chi connectivity index (χ3v) is 3.79. The van der Waals surface area contributed by atoms with E-state index >= 15 is 0 Å². The molecule has 0 unspecified atom stereocenters. The Balaban J connectivity index is 1.65. The number of nitrogens with zero attached hydrogens (tertiary/aromatic N) is 1. The Bertz CT molecular complexity index is 462. The van der Waals surface area contributed by atoms with Crippen LogP contribution in [-0.2, 0) is 6.54 Å². The number of rotatable bonds is 6. The fraction of sp³-hybridized carbons (Fsp3) is 0.600. The molecule has 1 fully saturated rings. The van der Waals surface area contributed by atoms with Gasteiger partial charge in [0.2, 0.25) is 0 Å². The van der Waals surface area contributed by atoms with Crippen molar-refractivity contribution >= 4 is 0 Å². The molecule has 0 bridgehead atoms. The normalized spacial score (nSPS) is 17.3. The Morgan fingerprint density at radius 2 is 1.76 bits per heavy atom. The van der Waals surface area contributed by atoms with Gasteiger partial charge in [0.1, 0.15) is 5.82 Å². The molecule has 0 radical (unpaired) electrons. The van der Waals surface area contributed by atoms with Crippen molar-refractivity contribution in [3.8, 4) is 0 Å². The van der Waals surface area contributed by atoms with E-state index in [9.17, 15) is 18.3 Å². The molecule has 1 aromatic carbocycles. The fourth-order valence-electron chi connectivity index (χ4n) is 2.49. The molecule has 3 nitrogen and oxygen atoms in total. The maximum atomic E-state index is 13.4. The predicted octanol–water partition coefficient (Wildman–Crippen LogP) is 2.04. The lowest BCUT2D eigenvalue weighted by molar-refractivity contribution is 0.0821. The van der Waals surface area contributed by atoms with Gasteiger partial charge in [-0.2, -0.15) is 0 Å². The molecule has 1 aliphatic heterocycles. The third kappa shape index (κ3) is 4.98. The van der Waals surface area contributed by atoms with E-state index in [1.807, 2.05) is 0 Å². The van der Waals surface area contributed by atoms with Gasteiger partial charge in [0.25, 0.3) is 0 Å². The zero-order valence-corrected chi connectivity index (χ0v) is 11.9. The largest absolute Gasteiger partial charge is 0.393 e. The third-order valence-electron chi connectivity index (χ3n) is 3.79. The smallest absolute Gasteiger partial charge is 0.161 e. The minimum atomic E-state index is -1.16. The van der Waals surface area contributed by atoms with Crippen LogP contribution in [0.15, 0.2) is 12.1 Å². The second-order valence-electron chi connectivity index (χ2n) is 5.46. The Hall–Kier alpha value is -1.11. The van der Waals surface area contributed by atoms with Gasteiger partial charge in [-0.25, -0.2) is 13.2 Å². The number of benzene rings is 1.